The summed E-state index contributed by atoms with van der Waals surface area (Å²) in [7, 11) is 0. The molecule has 1 unspecified atom stereocenters. The number of amides is 2. The van der Waals surface area contributed by atoms with Crippen molar-refractivity contribution >= 4 is 45.9 Å². The molecule has 2 aromatic carbocycles. The predicted octanol–water partition coefficient (Wildman–Crippen LogP) is 4.77. The number of hydrogen-bond acceptors (Lipinski definition) is 3. The molecular formula is C18H16Cl2N2O3. The second-order valence-electron chi connectivity index (χ2n) is 5.86. The zero-order chi connectivity index (χ0) is 18.0. The van der Waals surface area contributed by atoms with Crippen molar-refractivity contribution in [2.75, 3.05) is 11.9 Å². The van der Waals surface area contributed by atoms with E-state index in [-0.39, 0.29) is 6.54 Å². The minimum absolute atomic E-state index is 0.0278. The Morgan fingerprint density at radius 3 is 2.64 bits per heavy atom. The number of para-hydroxylation sites is 1. The van der Waals surface area contributed by atoms with E-state index >= 15 is 0 Å². The summed E-state index contributed by atoms with van der Waals surface area (Å²) in [6.45, 7) is 1.55. The summed E-state index contributed by atoms with van der Waals surface area (Å²) in [4.78, 5) is 12.0. The Hall–Kier alpha value is -2.21. The predicted molar refractivity (Wildman–Crippen MR) is 99.3 cm³/mol. The highest BCUT2D eigenvalue weighted by molar-refractivity contribution is 6.42. The summed E-state index contributed by atoms with van der Waals surface area (Å²) in [5, 5.41) is 17.5. The fraction of sp³-hybridized carbons (Fsp3) is 0.167. The maximum atomic E-state index is 12.0. The normalized spacial score (nSPS) is 13.4. The third kappa shape index (κ3) is 4.07. The van der Waals surface area contributed by atoms with Crippen LogP contribution in [0.2, 0.25) is 10.0 Å². The fourth-order valence-corrected chi connectivity index (χ4v) is 2.63. The first-order valence-electron chi connectivity index (χ1n) is 7.56. The van der Waals surface area contributed by atoms with Crippen molar-refractivity contribution in [3.05, 3.63) is 64.3 Å². The van der Waals surface area contributed by atoms with Gasteiger partial charge in [-0.2, -0.15) is 0 Å². The minimum atomic E-state index is -1.35. The summed E-state index contributed by atoms with van der Waals surface area (Å²) >= 11 is 11.7. The van der Waals surface area contributed by atoms with E-state index in [4.69, 9.17) is 27.6 Å². The van der Waals surface area contributed by atoms with Gasteiger partial charge >= 0.3 is 6.03 Å². The lowest BCUT2D eigenvalue weighted by Gasteiger charge is -2.21. The van der Waals surface area contributed by atoms with E-state index < -0.39 is 11.6 Å². The number of halogens is 2. The van der Waals surface area contributed by atoms with E-state index in [1.807, 2.05) is 24.3 Å². The van der Waals surface area contributed by atoms with Gasteiger partial charge in [0.25, 0.3) is 0 Å². The SMILES string of the molecule is CC(O)(CNC(=O)Nc1ccc(Cl)c(Cl)c1)c1cc2ccccc2o1. The van der Waals surface area contributed by atoms with Crippen LogP contribution in [0.25, 0.3) is 11.0 Å². The molecule has 1 atom stereocenters. The summed E-state index contributed by atoms with van der Waals surface area (Å²) in [5.74, 6) is 0.378. The molecule has 0 fully saturated rings. The van der Waals surface area contributed by atoms with Gasteiger partial charge in [-0.15, -0.1) is 0 Å². The van der Waals surface area contributed by atoms with E-state index in [2.05, 4.69) is 10.6 Å². The number of carbonyl (C=O) groups excluding carboxylic acids is 1. The molecular weight excluding hydrogens is 363 g/mol. The van der Waals surface area contributed by atoms with E-state index in [9.17, 15) is 9.90 Å². The lowest BCUT2D eigenvalue weighted by molar-refractivity contribution is 0.0388. The summed E-state index contributed by atoms with van der Waals surface area (Å²) in [5.41, 5.74) is -0.179. The van der Waals surface area contributed by atoms with Crippen molar-refractivity contribution in [2.45, 2.75) is 12.5 Å². The highest BCUT2D eigenvalue weighted by Crippen LogP contribution is 2.28. The molecule has 2 amide bonds. The summed E-state index contributed by atoms with van der Waals surface area (Å²) < 4.78 is 5.66. The second-order valence-corrected chi connectivity index (χ2v) is 6.67. The van der Waals surface area contributed by atoms with Crippen LogP contribution in [0.3, 0.4) is 0 Å². The van der Waals surface area contributed by atoms with Crippen LogP contribution in [0.1, 0.15) is 12.7 Å². The van der Waals surface area contributed by atoms with E-state index in [1.54, 1.807) is 31.2 Å². The van der Waals surface area contributed by atoms with E-state index in [0.29, 0.717) is 27.1 Å². The molecule has 130 valence electrons. The Labute approximate surface area is 154 Å². The number of anilines is 1. The molecule has 0 aliphatic heterocycles. The molecule has 1 heterocycles. The van der Waals surface area contributed by atoms with Crippen LogP contribution >= 0.6 is 23.2 Å². The van der Waals surface area contributed by atoms with Crippen molar-refractivity contribution in [3.63, 3.8) is 0 Å². The molecule has 3 rings (SSSR count). The molecule has 1 aromatic heterocycles. The molecule has 0 bridgehead atoms. The van der Waals surface area contributed by atoms with Gasteiger partial charge in [-0.05, 0) is 37.3 Å². The largest absolute Gasteiger partial charge is 0.458 e. The quantitative estimate of drug-likeness (QED) is 0.611. The lowest BCUT2D eigenvalue weighted by Crippen LogP contribution is -2.40. The van der Waals surface area contributed by atoms with Gasteiger partial charge in [-0.3, -0.25) is 0 Å². The van der Waals surface area contributed by atoms with Crippen LogP contribution in [-0.4, -0.2) is 17.7 Å². The summed E-state index contributed by atoms with van der Waals surface area (Å²) in [6, 6.07) is 13.5. The monoisotopic (exact) mass is 378 g/mol. The van der Waals surface area contributed by atoms with Crippen LogP contribution in [0, 0.1) is 0 Å². The van der Waals surface area contributed by atoms with Crippen LogP contribution < -0.4 is 10.6 Å². The Kier molecular flexibility index (Phi) is 4.90. The third-order valence-electron chi connectivity index (χ3n) is 3.73. The molecule has 3 aromatic rings. The number of urea groups is 1. The first-order valence-corrected chi connectivity index (χ1v) is 8.32. The van der Waals surface area contributed by atoms with Gasteiger partial charge in [0, 0.05) is 11.1 Å². The van der Waals surface area contributed by atoms with Crippen LogP contribution in [0.4, 0.5) is 10.5 Å². The van der Waals surface area contributed by atoms with Crippen LogP contribution in [-0.2, 0) is 5.60 Å². The van der Waals surface area contributed by atoms with Gasteiger partial charge < -0.3 is 20.2 Å². The number of fused-ring (bicyclic) bond motifs is 1. The van der Waals surface area contributed by atoms with Crippen molar-refractivity contribution in [1.82, 2.24) is 5.32 Å². The van der Waals surface area contributed by atoms with Gasteiger partial charge in [0.05, 0.1) is 16.6 Å². The maximum Gasteiger partial charge on any atom is 0.319 e. The van der Waals surface area contributed by atoms with Crippen molar-refractivity contribution in [1.29, 1.82) is 0 Å². The second kappa shape index (κ2) is 6.96. The minimum Gasteiger partial charge on any atom is -0.458 e. The third-order valence-corrected chi connectivity index (χ3v) is 4.47. The average Bonchev–Trinajstić information content (AvgIpc) is 3.02. The van der Waals surface area contributed by atoms with Crippen LogP contribution in [0.15, 0.2) is 52.9 Å². The van der Waals surface area contributed by atoms with Crippen LogP contribution in [0.5, 0.6) is 0 Å². The number of rotatable bonds is 4. The van der Waals surface area contributed by atoms with Crippen molar-refractivity contribution in [3.8, 4) is 0 Å². The smallest absolute Gasteiger partial charge is 0.319 e. The number of nitrogens with one attached hydrogen (secondary N) is 2. The van der Waals surface area contributed by atoms with E-state index in [1.165, 1.54) is 0 Å². The highest BCUT2D eigenvalue weighted by Gasteiger charge is 2.28. The topological polar surface area (TPSA) is 74.5 Å². The molecule has 0 aliphatic carbocycles. The maximum absolute atomic E-state index is 12.0. The Morgan fingerprint density at radius 1 is 1.16 bits per heavy atom. The van der Waals surface area contributed by atoms with Gasteiger partial charge in [-0.25, -0.2) is 4.79 Å². The van der Waals surface area contributed by atoms with Gasteiger partial charge in [0.1, 0.15) is 16.9 Å². The first-order chi connectivity index (χ1) is 11.8. The lowest BCUT2D eigenvalue weighted by atomic mass is 10.0. The first kappa shape index (κ1) is 17.6. The number of aliphatic hydroxyl groups is 1. The average molecular weight is 379 g/mol. The van der Waals surface area contributed by atoms with Crippen molar-refractivity contribution < 1.29 is 14.3 Å². The van der Waals surface area contributed by atoms with Gasteiger partial charge in [0.2, 0.25) is 0 Å². The molecule has 5 nitrogen and oxygen atoms in total. The Balaban J connectivity index is 1.64. The highest BCUT2D eigenvalue weighted by atomic mass is 35.5. The Bertz CT molecular complexity index is 889. The number of carbonyl (C=O) groups is 1. The molecule has 0 aliphatic rings. The molecule has 3 N–H and O–H groups in total. The molecule has 0 saturated heterocycles. The van der Waals surface area contributed by atoms with Gasteiger partial charge in [0.15, 0.2) is 0 Å². The standard InChI is InChI=1S/C18H16Cl2N2O3/c1-18(24,16-8-11-4-2-3-5-15(11)25-16)10-21-17(23)22-12-6-7-13(19)14(20)9-12/h2-9,24H,10H2,1H3,(H2,21,22,23). The summed E-state index contributed by atoms with van der Waals surface area (Å²) in [6.07, 6.45) is 0. The number of hydrogen-bond donors (Lipinski definition) is 3. The Morgan fingerprint density at radius 2 is 1.92 bits per heavy atom. The number of benzene rings is 2. The molecule has 0 saturated carbocycles. The number of furan rings is 1. The molecule has 0 spiro atoms. The zero-order valence-corrected chi connectivity index (χ0v) is 14.9. The zero-order valence-electron chi connectivity index (χ0n) is 13.3. The molecule has 7 heteroatoms. The fourth-order valence-electron chi connectivity index (χ4n) is 2.34. The molecule has 25 heavy (non-hydrogen) atoms. The van der Waals surface area contributed by atoms with Crippen molar-refractivity contribution in [2.24, 2.45) is 0 Å². The van der Waals surface area contributed by atoms with E-state index in [0.717, 1.165) is 5.39 Å². The molecule has 0 radical (unpaired) electrons. The van der Waals surface area contributed by atoms with Gasteiger partial charge in [-0.1, -0.05) is 41.4 Å².